The summed E-state index contributed by atoms with van der Waals surface area (Å²) in [4.78, 5) is 39.6. The summed E-state index contributed by atoms with van der Waals surface area (Å²) in [5.41, 5.74) is 0.424. The van der Waals surface area contributed by atoms with Crippen LogP contribution < -0.4 is 5.32 Å². The first-order valence-corrected chi connectivity index (χ1v) is 15.6. The molecule has 3 atom stereocenters. The number of carbonyl (C=O) groups is 2. The van der Waals surface area contributed by atoms with Crippen LogP contribution in [-0.4, -0.2) is 105 Å². The largest absolute Gasteiger partial charge is 0.389 e. The van der Waals surface area contributed by atoms with E-state index in [0.29, 0.717) is 56.4 Å². The molecule has 1 aromatic heterocycles. The molecule has 0 bridgehead atoms. The number of nitrogens with zero attached hydrogens (tertiary/aromatic N) is 4. The average Bonchev–Trinajstić information content (AvgIpc) is 3.73. The average molecular weight is 592 g/mol. The Morgan fingerprint density at radius 1 is 1.20 bits per heavy atom. The fraction of sp³-hybridized carbons (Fsp3) is 0.538. The van der Waals surface area contributed by atoms with Crippen molar-refractivity contribution in [2.24, 2.45) is 5.16 Å². The molecule has 5 rings (SSSR count). The van der Waals surface area contributed by atoms with E-state index in [1.165, 1.54) is 23.5 Å². The molecular weight excluding hydrogens is 558 g/mol. The normalized spacial score (nSPS) is 24.3. The minimum atomic E-state index is -3.54. The molecule has 1 aromatic carbocycles. The summed E-state index contributed by atoms with van der Waals surface area (Å²) in [6.07, 6.45) is 3.47. The first kappa shape index (κ1) is 28.6. The molecule has 3 fully saturated rings. The summed E-state index contributed by atoms with van der Waals surface area (Å²) < 4.78 is 36.4. The van der Waals surface area contributed by atoms with Gasteiger partial charge in [-0.1, -0.05) is 17.3 Å². The van der Waals surface area contributed by atoms with Crippen LogP contribution >= 0.6 is 11.3 Å². The Bertz CT molecular complexity index is 1320. The highest BCUT2D eigenvalue weighted by Crippen LogP contribution is 2.24. The van der Waals surface area contributed by atoms with E-state index in [0.717, 1.165) is 24.4 Å². The number of sulfone groups is 1. The molecule has 3 saturated heterocycles. The lowest BCUT2D eigenvalue weighted by atomic mass is 10.1. The topological polar surface area (TPSA) is 140 Å². The summed E-state index contributed by atoms with van der Waals surface area (Å²) in [6, 6.07) is 6.22. The highest BCUT2D eigenvalue weighted by Gasteiger charge is 2.31. The lowest BCUT2D eigenvalue weighted by molar-refractivity contribution is -0.122. The number of oxime groups is 1. The van der Waals surface area contributed by atoms with Crippen LogP contribution in [0.2, 0.25) is 0 Å². The summed E-state index contributed by atoms with van der Waals surface area (Å²) >= 11 is 1.36. The maximum atomic E-state index is 13.4. The van der Waals surface area contributed by atoms with Crippen LogP contribution in [0.1, 0.15) is 30.2 Å². The van der Waals surface area contributed by atoms with Gasteiger partial charge in [0.05, 0.1) is 30.0 Å². The van der Waals surface area contributed by atoms with Crippen molar-refractivity contribution in [2.45, 2.75) is 48.6 Å². The summed E-state index contributed by atoms with van der Waals surface area (Å²) in [5.74, 6) is -0.521. The number of thiazole rings is 1. The van der Waals surface area contributed by atoms with E-state index in [9.17, 15) is 18.0 Å². The van der Waals surface area contributed by atoms with Gasteiger partial charge in [-0.05, 0) is 25.5 Å². The minimum Gasteiger partial charge on any atom is -0.389 e. The number of aromatic nitrogens is 1. The second-order valence-electron chi connectivity index (χ2n) is 10.1. The van der Waals surface area contributed by atoms with E-state index in [1.807, 2.05) is 6.92 Å². The molecule has 2 aromatic rings. The van der Waals surface area contributed by atoms with Crippen LogP contribution in [0.3, 0.4) is 0 Å². The van der Waals surface area contributed by atoms with Gasteiger partial charge >= 0.3 is 0 Å². The molecule has 2 amide bonds. The molecule has 0 aliphatic carbocycles. The van der Waals surface area contributed by atoms with Crippen molar-refractivity contribution >= 4 is 44.3 Å². The number of ether oxygens (including phenoxy) is 2. The van der Waals surface area contributed by atoms with Gasteiger partial charge in [-0.3, -0.25) is 19.8 Å². The predicted octanol–water partition coefficient (Wildman–Crippen LogP) is 1.52. The van der Waals surface area contributed by atoms with Gasteiger partial charge in [-0.2, -0.15) is 0 Å². The number of piperazine rings is 1. The molecule has 12 nitrogen and oxygen atoms in total. The van der Waals surface area contributed by atoms with E-state index in [-0.39, 0.29) is 29.4 Å². The number of amides is 2. The lowest BCUT2D eigenvalue weighted by Crippen LogP contribution is -2.50. The van der Waals surface area contributed by atoms with Crippen LogP contribution in [0.15, 0.2) is 40.5 Å². The molecule has 4 heterocycles. The first-order chi connectivity index (χ1) is 19.3. The van der Waals surface area contributed by atoms with Crippen molar-refractivity contribution in [1.82, 2.24) is 14.8 Å². The zero-order valence-corrected chi connectivity index (χ0v) is 23.9. The molecule has 40 heavy (non-hydrogen) atoms. The monoisotopic (exact) mass is 591 g/mol. The van der Waals surface area contributed by atoms with E-state index >= 15 is 0 Å². The smallest absolute Gasteiger partial charge is 0.280 e. The van der Waals surface area contributed by atoms with Crippen molar-refractivity contribution in [1.29, 1.82) is 0 Å². The van der Waals surface area contributed by atoms with Crippen LogP contribution in [0.25, 0.3) is 0 Å². The molecule has 0 saturated carbocycles. The molecular formula is C26H33N5O7S2. The number of anilines is 1. The Morgan fingerprint density at radius 2 is 1.98 bits per heavy atom. The number of benzene rings is 1. The van der Waals surface area contributed by atoms with Gasteiger partial charge in [0.25, 0.3) is 5.91 Å². The van der Waals surface area contributed by atoms with Crippen LogP contribution in [0, 0.1) is 0 Å². The number of hydrogen-bond donors (Lipinski definition) is 1. The number of nitrogens with one attached hydrogen (secondary N) is 1. The van der Waals surface area contributed by atoms with E-state index in [1.54, 1.807) is 23.2 Å². The predicted molar refractivity (Wildman–Crippen MR) is 148 cm³/mol. The Morgan fingerprint density at radius 3 is 2.65 bits per heavy atom. The van der Waals surface area contributed by atoms with Gasteiger partial charge in [-0.15, -0.1) is 11.3 Å². The number of hydrogen-bond acceptors (Lipinski definition) is 11. The SMILES string of the molecule is C[C@H]1CN(Cc2cnc(NC(=O)/C(=N/O[C@@H]3CCOC3)c3ccc(S(=O)(=O)[C@H]4CCOC4)cc3)s2)CCN1C=O. The Labute approximate surface area is 237 Å². The van der Waals surface area contributed by atoms with Crippen LogP contribution in [-0.2, 0) is 40.3 Å². The van der Waals surface area contributed by atoms with Gasteiger partial charge in [0.15, 0.2) is 26.8 Å². The van der Waals surface area contributed by atoms with Crippen molar-refractivity contribution in [3.63, 3.8) is 0 Å². The third-order valence-electron chi connectivity index (χ3n) is 7.23. The second-order valence-corrected chi connectivity index (χ2v) is 13.4. The van der Waals surface area contributed by atoms with Crippen LogP contribution in [0.4, 0.5) is 5.13 Å². The van der Waals surface area contributed by atoms with Gasteiger partial charge in [-0.25, -0.2) is 13.4 Å². The van der Waals surface area contributed by atoms with Crippen molar-refractivity contribution < 1.29 is 32.3 Å². The highest BCUT2D eigenvalue weighted by molar-refractivity contribution is 7.92. The van der Waals surface area contributed by atoms with Crippen molar-refractivity contribution in [2.75, 3.05) is 51.4 Å². The Hall–Kier alpha value is -2.91. The third kappa shape index (κ3) is 6.69. The van der Waals surface area contributed by atoms with Gasteiger partial charge < -0.3 is 19.2 Å². The van der Waals surface area contributed by atoms with Crippen molar-refractivity contribution in [3.05, 3.63) is 40.9 Å². The fourth-order valence-corrected chi connectivity index (χ4v) is 7.30. The zero-order chi connectivity index (χ0) is 28.1. The summed E-state index contributed by atoms with van der Waals surface area (Å²) in [5, 5.41) is 6.80. The quantitative estimate of drug-likeness (QED) is 0.247. The van der Waals surface area contributed by atoms with Gasteiger partial charge in [0.2, 0.25) is 6.41 Å². The molecule has 216 valence electrons. The summed E-state index contributed by atoms with van der Waals surface area (Å²) in [6.45, 7) is 6.43. The van der Waals surface area contributed by atoms with E-state index in [4.69, 9.17) is 14.3 Å². The molecule has 0 unspecified atom stereocenters. The minimum absolute atomic E-state index is 0.00982. The molecule has 1 N–H and O–H groups in total. The second kappa shape index (κ2) is 12.7. The Balaban J connectivity index is 1.28. The Kier molecular flexibility index (Phi) is 9.10. The lowest BCUT2D eigenvalue weighted by Gasteiger charge is -2.37. The number of rotatable bonds is 10. The van der Waals surface area contributed by atoms with Gasteiger partial charge in [0.1, 0.15) is 0 Å². The molecule has 0 spiro atoms. The first-order valence-electron chi connectivity index (χ1n) is 13.3. The maximum Gasteiger partial charge on any atom is 0.280 e. The van der Waals surface area contributed by atoms with E-state index in [2.05, 4.69) is 20.4 Å². The third-order valence-corrected chi connectivity index (χ3v) is 10.3. The fourth-order valence-electron chi connectivity index (χ4n) is 4.86. The molecule has 3 aliphatic heterocycles. The standard InChI is InChI=1S/C26H33N5O7S2/c1-18-13-30(8-9-31(18)17-32)14-21-12-27-26(39-21)28-25(33)24(29-38-20-6-10-36-15-20)19-2-4-22(5-3-19)40(34,35)23-7-11-37-16-23/h2-5,12,17-18,20,23H,6-11,13-16H2,1H3,(H,27,28,33)/b29-24+/t18-,20+,23-/m0/s1. The highest BCUT2D eigenvalue weighted by atomic mass is 32.2. The zero-order valence-electron chi connectivity index (χ0n) is 22.2. The van der Waals surface area contributed by atoms with Gasteiger partial charge in [0, 0.05) is 61.9 Å². The van der Waals surface area contributed by atoms with Crippen molar-refractivity contribution in [3.8, 4) is 0 Å². The molecule has 14 heteroatoms. The molecule has 3 aliphatic rings. The number of carbonyl (C=O) groups excluding carboxylic acids is 2. The molecule has 0 radical (unpaired) electrons. The van der Waals surface area contributed by atoms with E-state index < -0.39 is 21.0 Å². The maximum absolute atomic E-state index is 13.4. The van der Waals surface area contributed by atoms with Crippen LogP contribution in [0.5, 0.6) is 0 Å². The summed E-state index contributed by atoms with van der Waals surface area (Å²) in [7, 11) is -3.54.